The average Bonchev–Trinajstić information content (AvgIpc) is 2.54. The van der Waals surface area contributed by atoms with Gasteiger partial charge in [0.25, 0.3) is 0 Å². The van der Waals surface area contributed by atoms with Crippen LogP contribution in [0.1, 0.15) is 31.1 Å². The first kappa shape index (κ1) is 16.0. The molecule has 2 N–H and O–H groups in total. The molecule has 7 heteroatoms. The Morgan fingerprint density at radius 3 is 1.87 bits per heavy atom. The fourth-order valence-corrected chi connectivity index (χ4v) is 1.82. The van der Waals surface area contributed by atoms with Gasteiger partial charge in [0, 0.05) is 0 Å². The van der Waals surface area contributed by atoms with Gasteiger partial charge in [-0.2, -0.15) is 0 Å². The second-order valence-corrected chi connectivity index (χ2v) is 4.47. The molecular weight excluding hydrogens is 304 g/mol. The highest BCUT2D eigenvalue weighted by atomic mass is 16.5. The van der Waals surface area contributed by atoms with E-state index in [1.165, 1.54) is 49.6 Å². The number of hydrogen-bond donors (Lipinski definition) is 2. The van der Waals surface area contributed by atoms with Gasteiger partial charge < -0.3 is 19.7 Å². The molecule has 0 bridgehead atoms. The second kappa shape index (κ2) is 6.61. The minimum Gasteiger partial charge on any atom is -0.478 e. The van der Waals surface area contributed by atoms with Crippen LogP contribution in [0.3, 0.4) is 0 Å². The van der Waals surface area contributed by atoms with Gasteiger partial charge in [0.1, 0.15) is 11.5 Å². The molecule has 0 heterocycles. The predicted molar refractivity (Wildman–Crippen MR) is 78.2 cm³/mol. The summed E-state index contributed by atoms with van der Waals surface area (Å²) in [6, 6.07) is 9.31. The molecule has 0 aliphatic heterocycles. The summed E-state index contributed by atoms with van der Waals surface area (Å²) in [5.41, 5.74) is -0.0125. The van der Waals surface area contributed by atoms with Crippen LogP contribution in [0.5, 0.6) is 11.5 Å². The third-order valence-electron chi connectivity index (χ3n) is 2.91. The van der Waals surface area contributed by atoms with Crippen LogP contribution in [0.15, 0.2) is 42.5 Å². The number of rotatable bonds is 5. The monoisotopic (exact) mass is 316 g/mol. The van der Waals surface area contributed by atoms with Crippen LogP contribution >= 0.6 is 0 Å². The van der Waals surface area contributed by atoms with Crippen molar-refractivity contribution >= 4 is 17.9 Å². The summed E-state index contributed by atoms with van der Waals surface area (Å²) >= 11 is 0. The number of methoxy groups -OCH3 is 1. The Morgan fingerprint density at radius 2 is 1.35 bits per heavy atom. The first-order chi connectivity index (χ1) is 10.9. The zero-order chi connectivity index (χ0) is 17.0. The van der Waals surface area contributed by atoms with E-state index in [9.17, 15) is 14.4 Å². The van der Waals surface area contributed by atoms with Crippen LogP contribution in [0.25, 0.3) is 0 Å². The van der Waals surface area contributed by atoms with Crippen LogP contribution in [0, 0.1) is 0 Å². The lowest BCUT2D eigenvalue weighted by atomic mass is 10.1. The van der Waals surface area contributed by atoms with Crippen molar-refractivity contribution in [2.24, 2.45) is 0 Å². The highest BCUT2D eigenvalue weighted by Crippen LogP contribution is 2.25. The van der Waals surface area contributed by atoms with Crippen LogP contribution < -0.4 is 4.74 Å². The lowest BCUT2D eigenvalue weighted by Gasteiger charge is -2.09. The number of carboxylic acid groups (broad SMARTS) is 2. The van der Waals surface area contributed by atoms with Gasteiger partial charge in [0.15, 0.2) is 0 Å². The summed E-state index contributed by atoms with van der Waals surface area (Å²) < 4.78 is 10.0. The molecule has 0 aliphatic carbocycles. The topological polar surface area (TPSA) is 110 Å². The Morgan fingerprint density at radius 1 is 0.783 bits per heavy atom. The summed E-state index contributed by atoms with van der Waals surface area (Å²) in [7, 11) is 1.18. The van der Waals surface area contributed by atoms with Crippen LogP contribution in [0.4, 0.5) is 0 Å². The maximum atomic E-state index is 11.6. The number of hydrogen-bond acceptors (Lipinski definition) is 5. The molecule has 0 saturated carbocycles. The predicted octanol–water partition coefficient (Wildman–Crippen LogP) is 2.66. The Labute approximate surface area is 130 Å². The van der Waals surface area contributed by atoms with E-state index in [-0.39, 0.29) is 22.4 Å². The number of ether oxygens (including phenoxy) is 2. The van der Waals surface area contributed by atoms with Crippen molar-refractivity contribution in [1.29, 1.82) is 0 Å². The summed E-state index contributed by atoms with van der Waals surface area (Å²) in [6.45, 7) is 0. The highest BCUT2D eigenvalue weighted by Gasteiger charge is 2.14. The summed E-state index contributed by atoms with van der Waals surface area (Å²) in [5, 5.41) is 17.9. The van der Waals surface area contributed by atoms with Crippen molar-refractivity contribution in [3.8, 4) is 11.5 Å². The Hall–Kier alpha value is -3.35. The van der Waals surface area contributed by atoms with Gasteiger partial charge in [-0.1, -0.05) is 0 Å². The minimum atomic E-state index is -1.22. The van der Waals surface area contributed by atoms with Crippen LogP contribution in [-0.2, 0) is 4.74 Å². The van der Waals surface area contributed by atoms with E-state index in [1.54, 1.807) is 0 Å². The number of esters is 1. The van der Waals surface area contributed by atoms with E-state index in [0.717, 1.165) is 0 Å². The normalized spacial score (nSPS) is 9.96. The molecule has 2 aromatic rings. The number of carboxylic acids is 2. The number of carbonyl (C=O) groups is 3. The molecule has 118 valence electrons. The van der Waals surface area contributed by atoms with E-state index in [0.29, 0.717) is 5.75 Å². The fourth-order valence-electron chi connectivity index (χ4n) is 1.82. The molecule has 0 radical (unpaired) electrons. The lowest BCUT2D eigenvalue weighted by molar-refractivity contribution is 0.0599. The van der Waals surface area contributed by atoms with Gasteiger partial charge >= 0.3 is 17.9 Å². The molecule has 23 heavy (non-hydrogen) atoms. The standard InChI is InChI=1S/C16H12O7/c1-22-16(21)11-6-10(15(19)20)7-13(8-11)23-12-4-2-9(3-5-12)14(17)18/h2-8H,1H3,(H,17,18)(H,19,20). The number of benzene rings is 2. The molecule has 0 fully saturated rings. The molecular formula is C16H12O7. The van der Waals surface area contributed by atoms with Crippen LogP contribution in [0.2, 0.25) is 0 Å². The van der Waals surface area contributed by atoms with Gasteiger partial charge in [0.05, 0.1) is 23.8 Å². The minimum absolute atomic E-state index is 0.0320. The maximum Gasteiger partial charge on any atom is 0.338 e. The van der Waals surface area contributed by atoms with Gasteiger partial charge in [-0.05, 0) is 42.5 Å². The SMILES string of the molecule is COC(=O)c1cc(Oc2ccc(C(=O)O)cc2)cc(C(=O)O)c1. The average molecular weight is 316 g/mol. The van der Waals surface area contributed by atoms with Crippen molar-refractivity contribution in [2.45, 2.75) is 0 Å². The van der Waals surface area contributed by atoms with Gasteiger partial charge in [0.2, 0.25) is 0 Å². The molecule has 0 unspecified atom stereocenters. The largest absolute Gasteiger partial charge is 0.478 e. The maximum absolute atomic E-state index is 11.6. The first-order valence-corrected chi connectivity index (χ1v) is 6.38. The van der Waals surface area contributed by atoms with Crippen molar-refractivity contribution in [2.75, 3.05) is 7.11 Å². The van der Waals surface area contributed by atoms with E-state index in [2.05, 4.69) is 4.74 Å². The summed E-state index contributed by atoms with van der Waals surface area (Å²) in [6.07, 6.45) is 0. The summed E-state index contributed by atoms with van der Waals surface area (Å²) in [5.74, 6) is -2.57. The Bertz CT molecular complexity index is 762. The highest BCUT2D eigenvalue weighted by molar-refractivity contribution is 5.95. The number of aromatic carboxylic acids is 2. The second-order valence-electron chi connectivity index (χ2n) is 4.47. The van der Waals surface area contributed by atoms with E-state index < -0.39 is 17.9 Å². The van der Waals surface area contributed by atoms with Crippen LogP contribution in [-0.4, -0.2) is 35.2 Å². The van der Waals surface area contributed by atoms with Crippen molar-refractivity contribution in [3.63, 3.8) is 0 Å². The molecule has 2 aromatic carbocycles. The van der Waals surface area contributed by atoms with Crippen molar-refractivity contribution in [3.05, 3.63) is 59.2 Å². The Kier molecular flexibility index (Phi) is 4.61. The van der Waals surface area contributed by atoms with Gasteiger partial charge in [-0.25, -0.2) is 14.4 Å². The molecule has 0 aliphatic rings. The summed E-state index contributed by atoms with van der Waals surface area (Å²) in [4.78, 5) is 33.5. The zero-order valence-electron chi connectivity index (χ0n) is 12.0. The smallest absolute Gasteiger partial charge is 0.338 e. The van der Waals surface area contributed by atoms with Crippen molar-refractivity contribution in [1.82, 2.24) is 0 Å². The number of carbonyl (C=O) groups excluding carboxylic acids is 1. The molecule has 0 saturated heterocycles. The first-order valence-electron chi connectivity index (χ1n) is 6.38. The molecule has 0 atom stereocenters. The van der Waals surface area contributed by atoms with E-state index >= 15 is 0 Å². The third kappa shape index (κ3) is 3.85. The Balaban J connectivity index is 2.34. The van der Waals surface area contributed by atoms with Gasteiger partial charge in [-0.3, -0.25) is 0 Å². The zero-order valence-corrected chi connectivity index (χ0v) is 12.0. The lowest BCUT2D eigenvalue weighted by Crippen LogP contribution is -2.05. The van der Waals surface area contributed by atoms with Crippen molar-refractivity contribution < 1.29 is 34.1 Å². The molecule has 0 spiro atoms. The van der Waals surface area contributed by atoms with E-state index in [1.807, 2.05) is 0 Å². The molecule has 2 rings (SSSR count). The van der Waals surface area contributed by atoms with Gasteiger partial charge in [-0.15, -0.1) is 0 Å². The molecule has 7 nitrogen and oxygen atoms in total. The fraction of sp³-hybridized carbons (Fsp3) is 0.0625. The molecule has 0 aromatic heterocycles. The van der Waals surface area contributed by atoms with E-state index in [4.69, 9.17) is 14.9 Å². The quantitative estimate of drug-likeness (QED) is 0.816. The molecule has 0 amide bonds. The third-order valence-corrected chi connectivity index (χ3v) is 2.91.